The molecule has 0 atom stereocenters. The van der Waals surface area contributed by atoms with Crippen molar-refractivity contribution in [2.45, 2.75) is 0 Å². The highest BCUT2D eigenvalue weighted by atomic mass is 16.5. The van der Waals surface area contributed by atoms with Gasteiger partial charge in [0.05, 0.1) is 25.6 Å². The lowest BCUT2D eigenvalue weighted by atomic mass is 10.0. The van der Waals surface area contributed by atoms with Gasteiger partial charge in [-0.25, -0.2) is 0 Å². The quantitative estimate of drug-likeness (QED) is 0.467. The Balaban J connectivity index is 1.62. The lowest BCUT2D eigenvalue weighted by Crippen LogP contribution is -1.91. The summed E-state index contributed by atoms with van der Waals surface area (Å²) in [5.74, 6) is 1.62. The fraction of sp³-hybridized carbons (Fsp3) is 0.0833. The van der Waals surface area contributed by atoms with E-state index in [9.17, 15) is 0 Å². The van der Waals surface area contributed by atoms with E-state index >= 15 is 0 Å². The van der Waals surface area contributed by atoms with Crippen molar-refractivity contribution in [2.75, 3.05) is 14.2 Å². The highest BCUT2D eigenvalue weighted by molar-refractivity contribution is 5.72. The summed E-state index contributed by atoms with van der Waals surface area (Å²) in [4.78, 5) is 9.23. The Morgan fingerprint density at radius 2 is 0.964 bits per heavy atom. The van der Waals surface area contributed by atoms with Gasteiger partial charge in [0.2, 0.25) is 0 Å². The molecule has 4 nitrogen and oxygen atoms in total. The van der Waals surface area contributed by atoms with Crippen LogP contribution in [0.2, 0.25) is 0 Å². The Morgan fingerprint density at radius 3 is 1.32 bits per heavy atom. The Morgan fingerprint density at radius 1 is 0.536 bits per heavy atom. The minimum Gasteiger partial charge on any atom is -0.496 e. The summed E-state index contributed by atoms with van der Waals surface area (Å²) in [7, 11) is 3.34. The number of rotatable bonds is 5. The molecule has 0 saturated heterocycles. The lowest BCUT2D eigenvalue weighted by molar-refractivity contribution is 0.416. The van der Waals surface area contributed by atoms with Crippen LogP contribution >= 0.6 is 0 Å². The van der Waals surface area contributed by atoms with Crippen molar-refractivity contribution in [1.82, 2.24) is 9.97 Å². The first kappa shape index (κ1) is 17.7. The first-order valence-electron chi connectivity index (χ1n) is 8.99. The summed E-state index contributed by atoms with van der Waals surface area (Å²) in [5, 5.41) is 0. The summed E-state index contributed by atoms with van der Waals surface area (Å²) in [6, 6.07) is 23.8. The van der Waals surface area contributed by atoms with E-state index in [-0.39, 0.29) is 0 Å². The second kappa shape index (κ2) is 7.92. The van der Waals surface area contributed by atoms with Crippen LogP contribution in [0, 0.1) is 0 Å². The number of benzene rings is 2. The van der Waals surface area contributed by atoms with E-state index < -0.39 is 0 Å². The van der Waals surface area contributed by atoms with Crippen molar-refractivity contribution < 1.29 is 9.47 Å². The van der Waals surface area contributed by atoms with E-state index in [4.69, 9.17) is 9.47 Å². The Bertz CT molecular complexity index is 985. The summed E-state index contributed by atoms with van der Waals surface area (Å²) < 4.78 is 10.9. The van der Waals surface area contributed by atoms with Gasteiger partial charge in [0.25, 0.3) is 0 Å². The van der Waals surface area contributed by atoms with Gasteiger partial charge in [-0.15, -0.1) is 0 Å². The number of hydrogen-bond donors (Lipinski definition) is 0. The SMILES string of the molecule is COc1ccccc1-c1ccc(-c2ccc(-c3ccccc3OC)nc2)cn1. The standard InChI is InChI=1S/C24H20N2O2/c1-27-23-9-5-3-7-19(23)21-13-11-17(15-25-21)18-12-14-22(26-16-18)20-8-4-6-10-24(20)28-2/h3-16H,1-2H3. The van der Waals surface area contributed by atoms with Gasteiger partial charge < -0.3 is 9.47 Å². The van der Waals surface area contributed by atoms with Gasteiger partial charge in [-0.05, 0) is 36.4 Å². The summed E-state index contributed by atoms with van der Waals surface area (Å²) in [5.41, 5.74) is 5.72. The molecule has 0 aliphatic heterocycles. The van der Waals surface area contributed by atoms with E-state index in [2.05, 4.69) is 22.1 Å². The molecule has 0 fully saturated rings. The molecule has 138 valence electrons. The molecule has 0 aliphatic rings. The largest absolute Gasteiger partial charge is 0.496 e. The average molecular weight is 368 g/mol. The lowest BCUT2D eigenvalue weighted by Gasteiger charge is -2.09. The van der Waals surface area contributed by atoms with Crippen LogP contribution in [0.15, 0.2) is 85.2 Å². The van der Waals surface area contributed by atoms with Gasteiger partial charge in [0.1, 0.15) is 11.5 Å². The van der Waals surface area contributed by atoms with Gasteiger partial charge in [-0.3, -0.25) is 9.97 Å². The molecular weight excluding hydrogens is 348 g/mol. The molecule has 2 aromatic carbocycles. The second-order valence-corrected chi connectivity index (χ2v) is 6.26. The topological polar surface area (TPSA) is 44.2 Å². The number of ether oxygens (including phenoxy) is 2. The predicted molar refractivity (Wildman–Crippen MR) is 111 cm³/mol. The van der Waals surface area contributed by atoms with Crippen LogP contribution in [0.4, 0.5) is 0 Å². The molecular formula is C24H20N2O2. The van der Waals surface area contributed by atoms with Gasteiger partial charge in [-0.1, -0.05) is 36.4 Å². The number of pyridine rings is 2. The highest BCUT2D eigenvalue weighted by Crippen LogP contribution is 2.31. The third-order valence-electron chi connectivity index (χ3n) is 4.63. The molecule has 0 unspecified atom stereocenters. The molecule has 4 aromatic rings. The van der Waals surface area contributed by atoms with Crippen LogP contribution in [0.3, 0.4) is 0 Å². The molecule has 2 aromatic heterocycles. The van der Waals surface area contributed by atoms with E-state index in [1.807, 2.05) is 73.1 Å². The Kier molecular flexibility index (Phi) is 5.02. The fourth-order valence-electron chi connectivity index (χ4n) is 3.16. The van der Waals surface area contributed by atoms with E-state index in [1.165, 1.54) is 0 Å². The van der Waals surface area contributed by atoms with Crippen LogP contribution in [0.25, 0.3) is 33.6 Å². The molecule has 4 rings (SSSR count). The first-order valence-corrected chi connectivity index (χ1v) is 8.99. The summed E-state index contributed by atoms with van der Waals surface area (Å²) in [6.07, 6.45) is 3.73. The molecule has 0 saturated carbocycles. The summed E-state index contributed by atoms with van der Waals surface area (Å²) >= 11 is 0. The van der Waals surface area contributed by atoms with Gasteiger partial charge in [0, 0.05) is 34.6 Å². The van der Waals surface area contributed by atoms with Crippen molar-refractivity contribution in [3.05, 3.63) is 85.2 Å². The summed E-state index contributed by atoms with van der Waals surface area (Å²) in [6.45, 7) is 0. The highest BCUT2D eigenvalue weighted by Gasteiger charge is 2.09. The second-order valence-electron chi connectivity index (χ2n) is 6.26. The van der Waals surface area contributed by atoms with Crippen LogP contribution in [-0.4, -0.2) is 24.2 Å². The van der Waals surface area contributed by atoms with Crippen molar-refractivity contribution in [3.63, 3.8) is 0 Å². The zero-order valence-corrected chi connectivity index (χ0v) is 15.8. The predicted octanol–water partition coefficient (Wildman–Crippen LogP) is 5.49. The minimum atomic E-state index is 0.811. The van der Waals surface area contributed by atoms with E-state index in [0.29, 0.717) is 0 Å². The number of nitrogens with zero attached hydrogens (tertiary/aromatic N) is 2. The maximum atomic E-state index is 5.43. The van der Waals surface area contributed by atoms with Gasteiger partial charge >= 0.3 is 0 Å². The fourth-order valence-corrected chi connectivity index (χ4v) is 3.16. The van der Waals surface area contributed by atoms with Crippen LogP contribution in [-0.2, 0) is 0 Å². The van der Waals surface area contributed by atoms with Gasteiger partial charge in [-0.2, -0.15) is 0 Å². The van der Waals surface area contributed by atoms with Gasteiger partial charge in [0.15, 0.2) is 0 Å². The zero-order chi connectivity index (χ0) is 19.3. The minimum absolute atomic E-state index is 0.811. The molecule has 2 heterocycles. The maximum Gasteiger partial charge on any atom is 0.128 e. The average Bonchev–Trinajstić information content (AvgIpc) is 2.79. The van der Waals surface area contributed by atoms with Crippen LogP contribution in [0.1, 0.15) is 0 Å². The molecule has 0 spiro atoms. The monoisotopic (exact) mass is 368 g/mol. The zero-order valence-electron chi connectivity index (χ0n) is 15.8. The number of para-hydroxylation sites is 2. The molecule has 0 bridgehead atoms. The Labute approximate surface area is 164 Å². The number of aromatic nitrogens is 2. The molecule has 0 amide bonds. The molecule has 0 aliphatic carbocycles. The normalized spacial score (nSPS) is 10.5. The molecule has 0 N–H and O–H groups in total. The third kappa shape index (κ3) is 3.45. The van der Waals surface area contributed by atoms with Crippen molar-refractivity contribution in [1.29, 1.82) is 0 Å². The molecule has 4 heteroatoms. The van der Waals surface area contributed by atoms with Crippen molar-refractivity contribution in [2.24, 2.45) is 0 Å². The van der Waals surface area contributed by atoms with Crippen molar-refractivity contribution >= 4 is 0 Å². The van der Waals surface area contributed by atoms with E-state index in [1.54, 1.807) is 14.2 Å². The smallest absolute Gasteiger partial charge is 0.128 e. The van der Waals surface area contributed by atoms with E-state index in [0.717, 1.165) is 45.1 Å². The van der Waals surface area contributed by atoms with Crippen LogP contribution in [0.5, 0.6) is 11.5 Å². The number of methoxy groups -OCH3 is 2. The van der Waals surface area contributed by atoms with Crippen LogP contribution < -0.4 is 9.47 Å². The Hall–Kier alpha value is -3.66. The molecule has 28 heavy (non-hydrogen) atoms. The third-order valence-corrected chi connectivity index (χ3v) is 4.63. The number of hydrogen-bond acceptors (Lipinski definition) is 4. The molecule has 0 radical (unpaired) electrons. The maximum absolute atomic E-state index is 5.43. The first-order chi connectivity index (χ1) is 13.8. The van der Waals surface area contributed by atoms with Crippen molar-refractivity contribution in [3.8, 4) is 45.1 Å².